The topological polar surface area (TPSA) is 54.4 Å². The van der Waals surface area contributed by atoms with E-state index in [0.29, 0.717) is 0 Å². The van der Waals surface area contributed by atoms with Crippen LogP contribution in [-0.4, -0.2) is 24.9 Å². The van der Waals surface area contributed by atoms with Gasteiger partial charge in [0.15, 0.2) is 9.84 Å². The normalized spacial score (nSPS) is 15.6. The zero-order valence-electron chi connectivity index (χ0n) is 8.55. The second-order valence-corrected chi connectivity index (χ2v) is 5.90. The van der Waals surface area contributed by atoms with Crippen LogP contribution in [0.5, 0.6) is 0 Å². The van der Waals surface area contributed by atoms with Gasteiger partial charge in [0.25, 0.3) is 0 Å². The Labute approximate surface area is 90.0 Å². The number of benzene rings is 1. The third-order valence-corrected chi connectivity index (χ3v) is 4.83. The molecule has 0 radical (unpaired) electrons. The van der Waals surface area contributed by atoms with Crippen molar-refractivity contribution >= 4 is 9.84 Å². The third kappa shape index (κ3) is 1.96. The number of rotatable bonds is 4. The highest BCUT2D eigenvalue weighted by molar-refractivity contribution is 7.93. The fourth-order valence-electron chi connectivity index (χ4n) is 1.13. The average molecular weight is 226 g/mol. The molecule has 0 aliphatic rings. The monoisotopic (exact) mass is 226 g/mol. The number of hydrogen-bond donors (Lipinski definition) is 1. The molecule has 0 spiro atoms. The lowest BCUT2D eigenvalue weighted by molar-refractivity contribution is 0.270. The van der Waals surface area contributed by atoms with Crippen LogP contribution in [0.4, 0.5) is 0 Å². The molecular formula is C11H14O3S. The van der Waals surface area contributed by atoms with Crippen LogP contribution in [0.25, 0.3) is 0 Å². The minimum Gasteiger partial charge on any atom is -0.394 e. The van der Waals surface area contributed by atoms with Gasteiger partial charge in [-0.05, 0) is 19.1 Å². The van der Waals surface area contributed by atoms with E-state index >= 15 is 0 Å². The number of aliphatic hydroxyl groups is 1. The van der Waals surface area contributed by atoms with Crippen LogP contribution in [-0.2, 0) is 9.84 Å². The predicted octanol–water partition coefficient (Wildman–Crippen LogP) is 1.40. The summed E-state index contributed by atoms with van der Waals surface area (Å²) in [7, 11) is -3.57. The van der Waals surface area contributed by atoms with Gasteiger partial charge >= 0.3 is 0 Å². The van der Waals surface area contributed by atoms with Crippen LogP contribution in [0.1, 0.15) is 6.92 Å². The van der Waals surface area contributed by atoms with Crippen LogP contribution in [0.3, 0.4) is 0 Å². The number of aliphatic hydroxyl groups excluding tert-OH is 1. The van der Waals surface area contributed by atoms with Crippen molar-refractivity contribution in [2.24, 2.45) is 0 Å². The molecule has 0 saturated carbocycles. The Morgan fingerprint density at radius 1 is 1.40 bits per heavy atom. The first-order valence-corrected chi connectivity index (χ1v) is 6.00. The molecule has 3 nitrogen and oxygen atoms in total. The Morgan fingerprint density at radius 3 is 2.33 bits per heavy atom. The summed E-state index contributed by atoms with van der Waals surface area (Å²) in [6.45, 7) is 4.42. The predicted molar refractivity (Wildman–Crippen MR) is 59.3 cm³/mol. The minimum absolute atomic E-state index is 0.196. The molecule has 15 heavy (non-hydrogen) atoms. The lowest BCUT2D eigenvalue weighted by atomic mass is 10.2. The van der Waals surface area contributed by atoms with Crippen molar-refractivity contribution in [3.8, 4) is 0 Å². The summed E-state index contributed by atoms with van der Waals surface area (Å²) in [4.78, 5) is 0.196. The lowest BCUT2D eigenvalue weighted by Crippen LogP contribution is -2.36. The fourth-order valence-corrected chi connectivity index (χ4v) is 2.57. The van der Waals surface area contributed by atoms with Crippen molar-refractivity contribution in [3.63, 3.8) is 0 Å². The Balaban J connectivity index is 3.31. The Kier molecular flexibility index (Phi) is 3.31. The molecule has 1 aromatic carbocycles. The van der Waals surface area contributed by atoms with E-state index in [0.717, 1.165) is 0 Å². The molecule has 0 bridgehead atoms. The van der Waals surface area contributed by atoms with Crippen molar-refractivity contribution < 1.29 is 13.5 Å². The third-order valence-electron chi connectivity index (χ3n) is 2.41. The summed E-state index contributed by atoms with van der Waals surface area (Å²) in [5, 5.41) is 9.13. The van der Waals surface area contributed by atoms with Gasteiger partial charge in [0, 0.05) is 0 Å². The van der Waals surface area contributed by atoms with Gasteiger partial charge < -0.3 is 5.11 Å². The molecule has 82 valence electrons. The Morgan fingerprint density at radius 2 is 1.93 bits per heavy atom. The van der Waals surface area contributed by atoms with Gasteiger partial charge in [0.2, 0.25) is 0 Å². The van der Waals surface area contributed by atoms with Gasteiger partial charge in [-0.15, -0.1) is 6.58 Å². The summed E-state index contributed by atoms with van der Waals surface area (Å²) in [5.74, 6) is 0. The van der Waals surface area contributed by atoms with Crippen molar-refractivity contribution in [3.05, 3.63) is 43.0 Å². The van der Waals surface area contributed by atoms with Gasteiger partial charge in [-0.25, -0.2) is 8.42 Å². The van der Waals surface area contributed by atoms with E-state index in [-0.39, 0.29) is 4.90 Å². The second kappa shape index (κ2) is 4.16. The van der Waals surface area contributed by atoms with Crippen LogP contribution in [0.15, 0.2) is 47.9 Å². The Bertz CT molecular complexity index is 436. The van der Waals surface area contributed by atoms with Crippen LogP contribution < -0.4 is 0 Å². The molecule has 1 aromatic rings. The molecule has 1 N–H and O–H groups in total. The second-order valence-electron chi connectivity index (χ2n) is 3.49. The number of sulfone groups is 1. The van der Waals surface area contributed by atoms with Crippen LogP contribution >= 0.6 is 0 Å². The van der Waals surface area contributed by atoms with Crippen LogP contribution in [0, 0.1) is 0 Å². The molecule has 0 aliphatic heterocycles. The van der Waals surface area contributed by atoms with Gasteiger partial charge in [0.1, 0.15) is 4.75 Å². The summed E-state index contributed by atoms with van der Waals surface area (Å²) in [6.07, 6.45) is 1.26. The maximum Gasteiger partial charge on any atom is 0.189 e. The first-order valence-electron chi connectivity index (χ1n) is 4.52. The SMILES string of the molecule is C=C[C@@](C)(CO)S(=O)(=O)c1ccccc1. The maximum atomic E-state index is 12.1. The smallest absolute Gasteiger partial charge is 0.189 e. The van der Waals surface area contributed by atoms with Gasteiger partial charge in [0.05, 0.1) is 11.5 Å². The molecule has 0 saturated heterocycles. The summed E-state index contributed by atoms with van der Waals surface area (Å²) >= 11 is 0. The minimum atomic E-state index is -3.57. The highest BCUT2D eigenvalue weighted by Crippen LogP contribution is 2.25. The zero-order chi connectivity index (χ0) is 11.5. The highest BCUT2D eigenvalue weighted by Gasteiger charge is 2.36. The van der Waals surface area contributed by atoms with E-state index in [1.807, 2.05) is 0 Å². The molecule has 0 aromatic heterocycles. The lowest BCUT2D eigenvalue weighted by Gasteiger charge is -2.22. The van der Waals surface area contributed by atoms with Gasteiger partial charge in [-0.1, -0.05) is 24.3 Å². The molecule has 0 unspecified atom stereocenters. The first-order chi connectivity index (χ1) is 6.98. The summed E-state index contributed by atoms with van der Waals surface area (Å²) in [5.41, 5.74) is 0. The summed E-state index contributed by atoms with van der Waals surface area (Å²) < 4.78 is 22.8. The molecule has 0 aliphatic carbocycles. The van der Waals surface area contributed by atoms with Crippen molar-refractivity contribution in [2.75, 3.05) is 6.61 Å². The largest absolute Gasteiger partial charge is 0.394 e. The van der Waals surface area contributed by atoms with E-state index < -0.39 is 21.2 Å². The van der Waals surface area contributed by atoms with E-state index in [4.69, 9.17) is 5.11 Å². The van der Waals surface area contributed by atoms with Crippen LogP contribution in [0.2, 0.25) is 0 Å². The zero-order valence-corrected chi connectivity index (χ0v) is 9.37. The Hall–Kier alpha value is -1.13. The molecule has 0 fully saturated rings. The number of hydrogen-bond acceptors (Lipinski definition) is 3. The molecule has 1 rings (SSSR count). The van der Waals surface area contributed by atoms with E-state index in [1.165, 1.54) is 25.1 Å². The molecule has 4 heteroatoms. The fraction of sp³-hybridized carbons (Fsp3) is 0.273. The van der Waals surface area contributed by atoms with Gasteiger partial charge in [-0.2, -0.15) is 0 Å². The highest BCUT2D eigenvalue weighted by atomic mass is 32.2. The van der Waals surface area contributed by atoms with Crippen molar-refractivity contribution in [1.82, 2.24) is 0 Å². The maximum absolute atomic E-state index is 12.1. The summed E-state index contributed by atoms with van der Waals surface area (Å²) in [6, 6.07) is 8.05. The molecular weight excluding hydrogens is 212 g/mol. The average Bonchev–Trinajstić information content (AvgIpc) is 2.29. The molecule has 0 heterocycles. The van der Waals surface area contributed by atoms with Gasteiger partial charge in [-0.3, -0.25) is 0 Å². The van der Waals surface area contributed by atoms with E-state index in [2.05, 4.69) is 6.58 Å². The van der Waals surface area contributed by atoms with E-state index in [1.54, 1.807) is 18.2 Å². The van der Waals surface area contributed by atoms with E-state index in [9.17, 15) is 8.42 Å². The quantitative estimate of drug-likeness (QED) is 0.789. The van der Waals surface area contributed by atoms with Crippen molar-refractivity contribution in [1.29, 1.82) is 0 Å². The molecule has 0 amide bonds. The van der Waals surface area contributed by atoms with Crippen molar-refractivity contribution in [2.45, 2.75) is 16.6 Å². The molecule has 1 atom stereocenters. The first kappa shape index (κ1) is 11.9. The standard InChI is InChI=1S/C11H14O3S/c1-3-11(2,9-12)15(13,14)10-7-5-4-6-8-10/h3-8,12H,1,9H2,2H3/t11-/m0/s1.